The fraction of sp³-hybridized carbons (Fsp3) is 0.824. The van der Waals surface area contributed by atoms with E-state index >= 15 is 0 Å². The van der Waals surface area contributed by atoms with Gasteiger partial charge in [0.1, 0.15) is 12.5 Å². The van der Waals surface area contributed by atoms with Crippen LogP contribution in [0.5, 0.6) is 0 Å². The lowest BCUT2D eigenvalue weighted by molar-refractivity contribution is -0.132. The fourth-order valence-corrected chi connectivity index (χ4v) is 8.57. The van der Waals surface area contributed by atoms with E-state index in [4.69, 9.17) is 4.74 Å². The molecule has 41 heavy (non-hydrogen) atoms. The number of allylic oxidation sites excluding steroid dienone is 2. The number of nitrogens with zero attached hydrogens (tertiary/aromatic N) is 2. The highest BCUT2D eigenvalue weighted by molar-refractivity contribution is 5.96. The summed E-state index contributed by atoms with van der Waals surface area (Å²) in [5.74, 6) is 2.95. The molecular formula is C34H54FN3O3. The van der Waals surface area contributed by atoms with E-state index in [0.717, 1.165) is 82.3 Å². The molecule has 0 aromatic carbocycles. The molecule has 0 bridgehead atoms. The second-order valence-electron chi connectivity index (χ2n) is 13.6. The molecule has 0 spiro atoms. The van der Waals surface area contributed by atoms with E-state index < -0.39 is 6.17 Å². The third kappa shape index (κ3) is 7.02. The van der Waals surface area contributed by atoms with Crippen molar-refractivity contribution >= 4 is 12.2 Å². The number of unbranched alkanes of at least 4 members (excludes halogenated alkanes) is 1. The lowest BCUT2D eigenvalue weighted by Gasteiger charge is -2.44. The molecule has 0 aromatic rings. The van der Waals surface area contributed by atoms with Gasteiger partial charge in [-0.1, -0.05) is 19.8 Å². The molecule has 2 aliphatic carbocycles. The van der Waals surface area contributed by atoms with E-state index in [-0.39, 0.29) is 17.9 Å². The first-order chi connectivity index (χ1) is 19.9. The Morgan fingerprint density at radius 1 is 1.05 bits per heavy atom. The van der Waals surface area contributed by atoms with Gasteiger partial charge < -0.3 is 24.6 Å². The zero-order chi connectivity index (χ0) is 28.9. The predicted octanol–water partition coefficient (Wildman–Crippen LogP) is 6.17. The van der Waals surface area contributed by atoms with Crippen molar-refractivity contribution in [3.05, 3.63) is 22.6 Å². The Balaban J connectivity index is 1.19. The van der Waals surface area contributed by atoms with Crippen LogP contribution in [0.3, 0.4) is 0 Å². The summed E-state index contributed by atoms with van der Waals surface area (Å²) in [6, 6.07) is 0.399. The maximum atomic E-state index is 14.0. The summed E-state index contributed by atoms with van der Waals surface area (Å²) >= 11 is 0. The molecule has 1 amide bonds. The molecule has 1 saturated carbocycles. The van der Waals surface area contributed by atoms with Crippen molar-refractivity contribution in [2.75, 3.05) is 32.8 Å². The minimum atomic E-state index is -0.619. The van der Waals surface area contributed by atoms with Crippen LogP contribution in [0.25, 0.3) is 0 Å². The Bertz CT molecular complexity index is 980. The summed E-state index contributed by atoms with van der Waals surface area (Å²) in [4.78, 5) is 29.8. The summed E-state index contributed by atoms with van der Waals surface area (Å²) in [6.07, 6.45) is 13.2. The molecule has 7 heteroatoms. The number of halogens is 1. The van der Waals surface area contributed by atoms with Crippen LogP contribution < -0.4 is 5.32 Å². The molecule has 230 valence electrons. The summed E-state index contributed by atoms with van der Waals surface area (Å²) in [7, 11) is 0. The van der Waals surface area contributed by atoms with Gasteiger partial charge in [-0.15, -0.1) is 0 Å². The molecule has 0 aromatic heterocycles. The summed E-state index contributed by atoms with van der Waals surface area (Å²) < 4.78 is 20.4. The van der Waals surface area contributed by atoms with Gasteiger partial charge in [-0.3, -0.25) is 4.79 Å². The second-order valence-corrected chi connectivity index (χ2v) is 13.6. The fourth-order valence-electron chi connectivity index (χ4n) is 8.57. The van der Waals surface area contributed by atoms with Gasteiger partial charge >= 0.3 is 0 Å². The maximum Gasteiger partial charge on any atom is 0.251 e. The van der Waals surface area contributed by atoms with Gasteiger partial charge in [-0.05, 0) is 95.0 Å². The quantitative estimate of drug-likeness (QED) is 0.318. The number of amides is 1. The highest BCUT2D eigenvalue weighted by Gasteiger charge is 2.40. The van der Waals surface area contributed by atoms with Gasteiger partial charge in [0.25, 0.3) is 5.91 Å². The molecule has 0 radical (unpaired) electrons. The van der Waals surface area contributed by atoms with Crippen molar-refractivity contribution in [2.24, 2.45) is 23.7 Å². The Morgan fingerprint density at radius 2 is 1.80 bits per heavy atom. The second kappa shape index (κ2) is 14.1. The topological polar surface area (TPSA) is 61.9 Å². The van der Waals surface area contributed by atoms with E-state index in [1.54, 1.807) is 5.57 Å². The van der Waals surface area contributed by atoms with Crippen LogP contribution in [0, 0.1) is 23.7 Å². The van der Waals surface area contributed by atoms with Crippen molar-refractivity contribution in [1.82, 2.24) is 15.1 Å². The molecule has 5 rings (SSSR count). The number of likely N-dealkylation sites (tertiary alicyclic amines) is 1. The number of alkyl halides is 1. The average Bonchev–Trinajstić information content (AvgIpc) is 2.97. The molecule has 3 aliphatic heterocycles. The SMILES string of the molecule is CCCC[C@H]1C[C@@H](CN2CCC(N3CCC4=C(CC(C=O)[C@H](C)N4)C3=O)CC2)CC(OCC)=C1C1CCC(F)CC1. The number of rotatable bonds is 10. The Kier molecular flexibility index (Phi) is 10.5. The molecule has 2 fully saturated rings. The van der Waals surface area contributed by atoms with Gasteiger partial charge in [0.2, 0.25) is 0 Å². The average molecular weight is 572 g/mol. The lowest BCUT2D eigenvalue weighted by Crippen LogP contribution is -2.53. The third-order valence-corrected chi connectivity index (χ3v) is 10.8. The number of nitrogens with one attached hydrogen (secondary N) is 1. The Labute approximate surface area is 247 Å². The van der Waals surface area contributed by atoms with Crippen LogP contribution in [-0.2, 0) is 14.3 Å². The molecule has 5 aliphatic rings. The van der Waals surface area contributed by atoms with Crippen LogP contribution in [0.2, 0.25) is 0 Å². The number of hydrogen-bond donors (Lipinski definition) is 1. The molecular weight excluding hydrogens is 517 g/mol. The molecule has 3 heterocycles. The van der Waals surface area contributed by atoms with E-state index in [1.807, 2.05) is 6.92 Å². The number of hydrogen-bond acceptors (Lipinski definition) is 5. The first-order valence-corrected chi connectivity index (χ1v) is 16.9. The predicted molar refractivity (Wildman–Crippen MR) is 161 cm³/mol. The Morgan fingerprint density at radius 3 is 2.49 bits per heavy atom. The number of carbonyl (C=O) groups is 2. The van der Waals surface area contributed by atoms with Crippen molar-refractivity contribution in [1.29, 1.82) is 0 Å². The van der Waals surface area contributed by atoms with Crippen molar-refractivity contribution in [3.63, 3.8) is 0 Å². The maximum absolute atomic E-state index is 14.0. The molecule has 1 unspecified atom stereocenters. The van der Waals surface area contributed by atoms with Gasteiger partial charge in [0, 0.05) is 68.3 Å². The number of piperidine rings is 1. The van der Waals surface area contributed by atoms with E-state index in [9.17, 15) is 14.0 Å². The van der Waals surface area contributed by atoms with Gasteiger partial charge in [-0.25, -0.2) is 4.39 Å². The van der Waals surface area contributed by atoms with Crippen LogP contribution in [0.1, 0.15) is 104 Å². The zero-order valence-electron chi connectivity index (χ0n) is 25.8. The van der Waals surface area contributed by atoms with E-state index in [0.29, 0.717) is 49.7 Å². The highest BCUT2D eigenvalue weighted by atomic mass is 19.1. The minimum Gasteiger partial charge on any atom is -0.498 e. The number of aldehydes is 1. The molecule has 4 atom stereocenters. The van der Waals surface area contributed by atoms with Crippen LogP contribution in [0.15, 0.2) is 22.6 Å². The number of carbonyl (C=O) groups excluding carboxylic acids is 2. The number of ether oxygens (including phenoxy) is 1. The van der Waals surface area contributed by atoms with Crippen molar-refractivity contribution in [2.45, 2.75) is 122 Å². The van der Waals surface area contributed by atoms with Crippen molar-refractivity contribution < 1.29 is 18.7 Å². The molecule has 6 nitrogen and oxygen atoms in total. The van der Waals surface area contributed by atoms with E-state index in [2.05, 4.69) is 29.0 Å². The van der Waals surface area contributed by atoms with Crippen LogP contribution in [0.4, 0.5) is 4.39 Å². The third-order valence-electron chi connectivity index (χ3n) is 10.8. The van der Waals surface area contributed by atoms with Crippen LogP contribution >= 0.6 is 0 Å². The summed E-state index contributed by atoms with van der Waals surface area (Å²) in [5.41, 5.74) is 3.47. The Hall–Kier alpha value is -1.89. The lowest BCUT2D eigenvalue weighted by atomic mass is 9.69. The highest BCUT2D eigenvalue weighted by Crippen LogP contribution is 2.46. The smallest absolute Gasteiger partial charge is 0.251 e. The normalized spacial score (nSPS) is 34.0. The van der Waals surface area contributed by atoms with Crippen molar-refractivity contribution in [3.8, 4) is 0 Å². The first-order valence-electron chi connectivity index (χ1n) is 16.9. The standard InChI is InChI=1S/C34H54FN3O3/c1-4-6-7-26-18-24(19-32(41-5-2)33(26)25-8-10-28(35)11-9-25)21-37-15-12-29(13-16-37)38-17-14-31-30(34(38)40)20-27(22-39)23(3)36-31/h22-29,36H,4-21H2,1-3H3/t23-,24+,25?,26-,27?,28?/m0/s1. The van der Waals surface area contributed by atoms with Crippen LogP contribution in [-0.4, -0.2) is 73.0 Å². The van der Waals surface area contributed by atoms with Gasteiger partial charge in [-0.2, -0.15) is 0 Å². The van der Waals surface area contributed by atoms with Gasteiger partial charge in [0.15, 0.2) is 0 Å². The first kappa shape index (κ1) is 30.6. The monoisotopic (exact) mass is 571 g/mol. The summed E-state index contributed by atoms with van der Waals surface area (Å²) in [6.45, 7) is 11.1. The zero-order valence-corrected chi connectivity index (χ0v) is 25.8. The van der Waals surface area contributed by atoms with E-state index in [1.165, 1.54) is 31.4 Å². The molecule has 1 saturated heterocycles. The largest absolute Gasteiger partial charge is 0.498 e. The van der Waals surface area contributed by atoms with Gasteiger partial charge in [0.05, 0.1) is 12.4 Å². The molecule has 1 N–H and O–H groups in total. The summed E-state index contributed by atoms with van der Waals surface area (Å²) in [5, 5.41) is 3.44. The minimum absolute atomic E-state index is 0.106.